The van der Waals surface area contributed by atoms with Gasteiger partial charge in [-0.1, -0.05) is 36.9 Å². The van der Waals surface area contributed by atoms with E-state index in [1.54, 1.807) is 4.57 Å². The van der Waals surface area contributed by atoms with Gasteiger partial charge in [-0.15, -0.1) is 5.10 Å². The first-order valence-electron chi connectivity index (χ1n) is 8.07. The number of aryl methyl sites for hydroxylation is 2. The lowest BCUT2D eigenvalue weighted by molar-refractivity contribution is -0.119. The largest absolute Gasteiger partial charge is 0.349 e. The zero-order chi connectivity index (χ0) is 17.7. The minimum atomic E-state index is -0.233. The summed E-state index contributed by atoms with van der Waals surface area (Å²) in [6.07, 6.45) is 0.836. The van der Waals surface area contributed by atoms with Crippen LogP contribution < -0.4 is 11.0 Å². The summed E-state index contributed by atoms with van der Waals surface area (Å²) in [6.45, 7) is 8.69. The highest BCUT2D eigenvalue weighted by Gasteiger charge is 2.13. The van der Waals surface area contributed by atoms with E-state index in [1.807, 2.05) is 19.9 Å². The maximum Gasteiger partial charge on any atom is 0.343 e. The molecule has 0 spiro atoms. The summed E-state index contributed by atoms with van der Waals surface area (Å²) in [6, 6.07) is 6.14. The first-order valence-corrected chi connectivity index (χ1v) is 9.05. The second-order valence-corrected chi connectivity index (χ2v) is 6.83. The molecule has 0 fully saturated rings. The quantitative estimate of drug-likeness (QED) is 0.754. The third kappa shape index (κ3) is 4.50. The lowest BCUT2D eigenvalue weighted by Crippen LogP contribution is -2.28. The van der Waals surface area contributed by atoms with Crippen molar-refractivity contribution in [3.05, 3.63) is 45.4 Å². The smallest absolute Gasteiger partial charge is 0.343 e. The molecule has 2 N–H and O–H groups in total. The van der Waals surface area contributed by atoms with Gasteiger partial charge in [0.2, 0.25) is 5.91 Å². The number of nitrogens with zero attached hydrogens (tertiary/aromatic N) is 2. The topological polar surface area (TPSA) is 79.8 Å². The molecule has 0 saturated carbocycles. The van der Waals surface area contributed by atoms with E-state index < -0.39 is 0 Å². The first kappa shape index (κ1) is 18.3. The second-order valence-electron chi connectivity index (χ2n) is 5.88. The number of hydrogen-bond donors (Lipinski definition) is 2. The molecule has 0 saturated heterocycles. The second kappa shape index (κ2) is 8.19. The predicted molar refractivity (Wildman–Crippen MR) is 96.3 cm³/mol. The van der Waals surface area contributed by atoms with Crippen molar-refractivity contribution >= 4 is 17.7 Å². The van der Waals surface area contributed by atoms with Crippen LogP contribution in [-0.2, 0) is 11.3 Å². The van der Waals surface area contributed by atoms with Crippen LogP contribution in [0, 0.1) is 13.8 Å². The summed E-state index contributed by atoms with van der Waals surface area (Å²) < 4.78 is 1.56. The standard InChI is InChI=1S/C17H24N4O2S/c1-5-8-21-16(23)19-20-17(21)24-10-15(22)18-13(4)14-7-6-11(2)12(3)9-14/h6-7,9,13H,5,8,10H2,1-4H3,(H,18,22)(H,19,23). The molecule has 7 heteroatoms. The van der Waals surface area contributed by atoms with Crippen molar-refractivity contribution in [3.8, 4) is 0 Å². The number of amides is 1. The average Bonchev–Trinajstić information content (AvgIpc) is 2.89. The Kier molecular flexibility index (Phi) is 6.25. The molecule has 0 aliphatic heterocycles. The normalized spacial score (nSPS) is 12.2. The summed E-state index contributed by atoms with van der Waals surface area (Å²) in [7, 11) is 0. The molecule has 0 aliphatic rings. The zero-order valence-corrected chi connectivity index (χ0v) is 15.4. The fraction of sp³-hybridized carbons (Fsp3) is 0.471. The highest BCUT2D eigenvalue weighted by molar-refractivity contribution is 7.99. The summed E-state index contributed by atoms with van der Waals surface area (Å²) >= 11 is 1.27. The van der Waals surface area contributed by atoms with Crippen LogP contribution in [0.1, 0.15) is 43.0 Å². The monoisotopic (exact) mass is 348 g/mol. The molecule has 2 rings (SSSR count). The van der Waals surface area contributed by atoms with E-state index in [0.717, 1.165) is 12.0 Å². The van der Waals surface area contributed by atoms with Crippen LogP contribution in [-0.4, -0.2) is 26.4 Å². The number of hydrogen-bond acceptors (Lipinski definition) is 4. The summed E-state index contributed by atoms with van der Waals surface area (Å²) in [5.41, 5.74) is 3.30. The molecule has 1 heterocycles. The van der Waals surface area contributed by atoms with E-state index in [4.69, 9.17) is 0 Å². The van der Waals surface area contributed by atoms with Crippen molar-refractivity contribution in [2.24, 2.45) is 0 Å². The number of aromatic nitrogens is 3. The maximum absolute atomic E-state index is 12.2. The Morgan fingerprint density at radius 3 is 2.79 bits per heavy atom. The lowest BCUT2D eigenvalue weighted by atomic mass is 10.0. The Morgan fingerprint density at radius 2 is 2.12 bits per heavy atom. The minimum Gasteiger partial charge on any atom is -0.349 e. The van der Waals surface area contributed by atoms with Crippen molar-refractivity contribution in [2.45, 2.75) is 51.9 Å². The van der Waals surface area contributed by atoms with Gasteiger partial charge in [0.15, 0.2) is 5.16 Å². The van der Waals surface area contributed by atoms with Gasteiger partial charge < -0.3 is 5.32 Å². The maximum atomic E-state index is 12.2. The van der Waals surface area contributed by atoms with E-state index in [-0.39, 0.29) is 23.4 Å². The van der Waals surface area contributed by atoms with Crippen molar-refractivity contribution in [1.29, 1.82) is 0 Å². The molecular formula is C17H24N4O2S. The molecule has 0 bridgehead atoms. The molecular weight excluding hydrogens is 324 g/mol. The molecule has 24 heavy (non-hydrogen) atoms. The molecule has 130 valence electrons. The Hall–Kier alpha value is -2.02. The summed E-state index contributed by atoms with van der Waals surface area (Å²) in [5, 5.41) is 9.94. The van der Waals surface area contributed by atoms with E-state index >= 15 is 0 Å². The molecule has 2 aromatic rings. The number of carbonyl (C=O) groups is 1. The molecule has 1 atom stereocenters. The fourth-order valence-electron chi connectivity index (χ4n) is 2.36. The van der Waals surface area contributed by atoms with Gasteiger partial charge >= 0.3 is 5.69 Å². The Balaban J connectivity index is 1.93. The Labute approximate surface area is 146 Å². The Bertz CT molecular complexity index is 766. The summed E-state index contributed by atoms with van der Waals surface area (Å²) in [5.74, 6) is 0.146. The number of H-pyrrole nitrogens is 1. The predicted octanol–water partition coefficient (Wildman–Crippen LogP) is 2.57. The molecule has 1 amide bonds. The van der Waals surface area contributed by atoms with Gasteiger partial charge in [0, 0.05) is 6.54 Å². The van der Waals surface area contributed by atoms with Crippen LogP contribution in [0.25, 0.3) is 0 Å². The SMILES string of the molecule is CCCn1c(SCC(=O)NC(C)c2ccc(C)c(C)c2)n[nH]c1=O. The average molecular weight is 348 g/mol. The minimum absolute atomic E-state index is 0.0607. The molecule has 6 nitrogen and oxygen atoms in total. The van der Waals surface area contributed by atoms with Crippen molar-refractivity contribution in [2.75, 3.05) is 5.75 Å². The Morgan fingerprint density at radius 1 is 1.38 bits per heavy atom. The van der Waals surface area contributed by atoms with Gasteiger partial charge in [-0.3, -0.25) is 9.36 Å². The number of rotatable bonds is 7. The van der Waals surface area contributed by atoms with Crippen LogP contribution in [0.3, 0.4) is 0 Å². The molecule has 1 unspecified atom stereocenters. The molecule has 0 aliphatic carbocycles. The molecule has 1 aromatic carbocycles. The van der Waals surface area contributed by atoms with Crippen molar-refractivity contribution < 1.29 is 4.79 Å². The van der Waals surface area contributed by atoms with E-state index in [2.05, 4.69) is 41.5 Å². The van der Waals surface area contributed by atoms with Crippen LogP contribution in [0.15, 0.2) is 28.2 Å². The van der Waals surface area contributed by atoms with E-state index in [0.29, 0.717) is 11.7 Å². The van der Waals surface area contributed by atoms with Gasteiger partial charge in [0.05, 0.1) is 11.8 Å². The van der Waals surface area contributed by atoms with Gasteiger partial charge in [0.25, 0.3) is 0 Å². The fourth-order valence-corrected chi connectivity index (χ4v) is 3.15. The molecule has 1 aromatic heterocycles. The van der Waals surface area contributed by atoms with Crippen molar-refractivity contribution in [3.63, 3.8) is 0 Å². The van der Waals surface area contributed by atoms with Gasteiger partial charge in [-0.2, -0.15) is 0 Å². The number of nitrogens with one attached hydrogen (secondary N) is 2. The lowest BCUT2D eigenvalue weighted by Gasteiger charge is -2.15. The molecule has 0 radical (unpaired) electrons. The highest BCUT2D eigenvalue weighted by Crippen LogP contribution is 2.18. The van der Waals surface area contributed by atoms with E-state index in [9.17, 15) is 9.59 Å². The van der Waals surface area contributed by atoms with Gasteiger partial charge in [0.1, 0.15) is 0 Å². The van der Waals surface area contributed by atoms with Crippen LogP contribution >= 0.6 is 11.8 Å². The summed E-state index contributed by atoms with van der Waals surface area (Å²) in [4.78, 5) is 23.8. The number of carbonyl (C=O) groups excluding carboxylic acids is 1. The first-order chi connectivity index (χ1) is 11.4. The number of thioether (sulfide) groups is 1. The zero-order valence-electron chi connectivity index (χ0n) is 14.5. The highest BCUT2D eigenvalue weighted by atomic mass is 32.2. The van der Waals surface area contributed by atoms with Crippen LogP contribution in [0.2, 0.25) is 0 Å². The van der Waals surface area contributed by atoms with E-state index in [1.165, 1.54) is 22.9 Å². The van der Waals surface area contributed by atoms with Gasteiger partial charge in [-0.25, -0.2) is 9.89 Å². The van der Waals surface area contributed by atoms with Crippen LogP contribution in [0.4, 0.5) is 0 Å². The number of benzene rings is 1. The third-order valence-corrected chi connectivity index (χ3v) is 4.89. The number of aromatic amines is 1. The van der Waals surface area contributed by atoms with Crippen LogP contribution in [0.5, 0.6) is 0 Å². The third-order valence-electron chi connectivity index (χ3n) is 3.91. The van der Waals surface area contributed by atoms with Gasteiger partial charge in [-0.05, 0) is 43.9 Å². The van der Waals surface area contributed by atoms with Crippen molar-refractivity contribution in [1.82, 2.24) is 20.1 Å².